The molecule has 0 amide bonds. The molecule has 2 atom stereocenters. The Hall–Kier alpha value is -0.790. The van der Waals surface area contributed by atoms with Crippen molar-refractivity contribution < 1.29 is 4.57 Å². The van der Waals surface area contributed by atoms with Crippen LogP contribution in [0.25, 0.3) is 0 Å². The van der Waals surface area contributed by atoms with Gasteiger partial charge in [0.15, 0.2) is 0 Å². The maximum absolute atomic E-state index is 3.70. The molecule has 0 bridgehead atoms. The van der Waals surface area contributed by atoms with Crippen molar-refractivity contribution >= 4 is 0 Å². The number of aromatic nitrogens is 2. The van der Waals surface area contributed by atoms with E-state index in [1.807, 2.05) is 0 Å². The molecule has 0 saturated carbocycles. The van der Waals surface area contributed by atoms with E-state index in [4.69, 9.17) is 0 Å². The second-order valence-corrected chi connectivity index (χ2v) is 12.9. The lowest BCUT2D eigenvalue weighted by molar-refractivity contribution is -0.727. The van der Waals surface area contributed by atoms with Crippen molar-refractivity contribution in [2.45, 2.75) is 219 Å². The van der Waals surface area contributed by atoms with E-state index < -0.39 is 0 Å². The van der Waals surface area contributed by atoms with E-state index in [1.54, 1.807) is 0 Å². The predicted octanol–water partition coefficient (Wildman–Crippen LogP) is 12.9. The monoisotopic (exact) mass is 546 g/mol. The summed E-state index contributed by atoms with van der Waals surface area (Å²) in [5.41, 5.74) is 0. The Morgan fingerprint density at radius 3 is 1.26 bits per heavy atom. The van der Waals surface area contributed by atoms with Gasteiger partial charge in [-0.15, -0.1) is 0 Å². The summed E-state index contributed by atoms with van der Waals surface area (Å²) in [5, 5.41) is 0. The Bertz CT molecular complexity index is 606. The molecule has 2 heteroatoms. The molecule has 0 aromatic carbocycles. The molecular weight excluding hydrogens is 472 g/mol. The molecule has 0 aliphatic rings. The van der Waals surface area contributed by atoms with Gasteiger partial charge in [-0.3, -0.25) is 0 Å². The molecule has 39 heavy (non-hydrogen) atoms. The zero-order chi connectivity index (χ0) is 28.2. The number of imidazole rings is 1. The van der Waals surface area contributed by atoms with Gasteiger partial charge in [0.25, 0.3) is 5.82 Å². The summed E-state index contributed by atoms with van der Waals surface area (Å²) in [5.74, 6) is 2.23. The third kappa shape index (κ3) is 19.8. The van der Waals surface area contributed by atoms with Crippen molar-refractivity contribution in [3.8, 4) is 0 Å². The molecule has 0 saturated heterocycles. The first kappa shape index (κ1) is 36.2. The Morgan fingerprint density at radius 2 is 0.821 bits per heavy atom. The maximum Gasteiger partial charge on any atom is 0.257 e. The van der Waals surface area contributed by atoms with Crippen molar-refractivity contribution in [2.24, 2.45) is 0 Å². The summed E-state index contributed by atoms with van der Waals surface area (Å²) in [6, 6.07) is 0.622. The minimum atomic E-state index is 0.622. The van der Waals surface area contributed by atoms with Crippen LogP contribution >= 0.6 is 0 Å². The fourth-order valence-corrected chi connectivity index (χ4v) is 6.43. The van der Waals surface area contributed by atoms with Gasteiger partial charge in [0.05, 0.1) is 12.0 Å². The largest absolute Gasteiger partial charge is 0.257 e. The molecule has 0 fully saturated rings. The van der Waals surface area contributed by atoms with Gasteiger partial charge in [-0.05, 0) is 32.6 Å². The standard InChI is InChI=1S/C37H72N2/c1-5-8-11-13-15-16-17-18-19-20-21-22-23-24-26-29-32-36(31-27-10-7-3)37-38-33-34-39(37)35(4)30-28-25-14-12-9-6-2/h33-36H,5-32H2,1-4H3/p+1. The van der Waals surface area contributed by atoms with E-state index in [9.17, 15) is 0 Å². The Morgan fingerprint density at radius 1 is 0.487 bits per heavy atom. The molecule has 1 heterocycles. The van der Waals surface area contributed by atoms with Crippen LogP contribution in [0.3, 0.4) is 0 Å². The molecule has 1 N–H and O–H groups in total. The van der Waals surface area contributed by atoms with Crippen molar-refractivity contribution in [1.82, 2.24) is 4.98 Å². The van der Waals surface area contributed by atoms with Gasteiger partial charge in [0, 0.05) is 0 Å². The number of nitrogens with one attached hydrogen (secondary N) is 1. The molecule has 0 aliphatic carbocycles. The second-order valence-electron chi connectivity index (χ2n) is 12.9. The average molecular weight is 546 g/mol. The lowest BCUT2D eigenvalue weighted by Gasteiger charge is -2.17. The highest BCUT2D eigenvalue weighted by Gasteiger charge is 2.25. The molecule has 2 unspecified atom stereocenters. The number of H-pyrrole nitrogens is 1. The molecule has 1 rings (SSSR count). The van der Waals surface area contributed by atoms with Gasteiger partial charge in [0.1, 0.15) is 12.4 Å². The van der Waals surface area contributed by atoms with E-state index in [2.05, 4.69) is 49.6 Å². The molecule has 230 valence electrons. The van der Waals surface area contributed by atoms with Crippen LogP contribution in [-0.2, 0) is 0 Å². The maximum atomic E-state index is 3.70. The lowest BCUT2D eigenvalue weighted by Crippen LogP contribution is -2.41. The highest BCUT2D eigenvalue weighted by atomic mass is 15.1. The summed E-state index contributed by atoms with van der Waals surface area (Å²) in [4.78, 5) is 3.70. The van der Waals surface area contributed by atoms with E-state index in [0.29, 0.717) is 12.0 Å². The van der Waals surface area contributed by atoms with Crippen molar-refractivity contribution in [3.05, 3.63) is 18.2 Å². The molecule has 0 spiro atoms. The number of unbranched alkanes of at least 4 members (excludes halogenated alkanes) is 22. The van der Waals surface area contributed by atoms with Crippen molar-refractivity contribution in [3.63, 3.8) is 0 Å². The predicted molar refractivity (Wildman–Crippen MR) is 175 cm³/mol. The third-order valence-electron chi connectivity index (χ3n) is 9.14. The Kier molecular flexibility index (Phi) is 25.4. The number of hydrogen-bond donors (Lipinski definition) is 1. The molecule has 2 nitrogen and oxygen atoms in total. The van der Waals surface area contributed by atoms with Crippen LogP contribution in [0, 0.1) is 0 Å². The van der Waals surface area contributed by atoms with Gasteiger partial charge in [-0.2, -0.15) is 0 Å². The van der Waals surface area contributed by atoms with E-state index >= 15 is 0 Å². The van der Waals surface area contributed by atoms with Crippen LogP contribution in [-0.4, -0.2) is 4.98 Å². The zero-order valence-corrected chi connectivity index (χ0v) is 27.6. The SMILES string of the molecule is CCCCCCCCCCCCCCCCCCC(CCCCC)c1[nH]cc[n+]1C(C)CCCCCCCC. The van der Waals surface area contributed by atoms with E-state index in [1.165, 1.54) is 186 Å². The minimum absolute atomic E-state index is 0.622. The van der Waals surface area contributed by atoms with Crippen molar-refractivity contribution in [2.75, 3.05) is 0 Å². The van der Waals surface area contributed by atoms with Crippen LogP contribution in [0.4, 0.5) is 0 Å². The van der Waals surface area contributed by atoms with E-state index in [-0.39, 0.29) is 0 Å². The van der Waals surface area contributed by atoms with Crippen LogP contribution in [0.1, 0.15) is 225 Å². The van der Waals surface area contributed by atoms with Crippen LogP contribution < -0.4 is 4.57 Å². The number of rotatable bonds is 30. The van der Waals surface area contributed by atoms with Crippen LogP contribution in [0.2, 0.25) is 0 Å². The van der Waals surface area contributed by atoms with Gasteiger partial charge < -0.3 is 0 Å². The van der Waals surface area contributed by atoms with E-state index in [0.717, 1.165) is 0 Å². The number of aromatic amines is 1. The lowest BCUT2D eigenvalue weighted by atomic mass is 9.93. The quantitative estimate of drug-likeness (QED) is 0.0732. The summed E-state index contributed by atoms with van der Waals surface area (Å²) in [7, 11) is 0. The second kappa shape index (κ2) is 27.4. The molecular formula is C37H73N2+. The van der Waals surface area contributed by atoms with Crippen LogP contribution in [0.5, 0.6) is 0 Å². The summed E-state index contributed by atoms with van der Waals surface area (Å²) in [6.45, 7) is 9.40. The molecule has 1 aromatic rings. The normalized spacial score (nSPS) is 13.2. The van der Waals surface area contributed by atoms with Gasteiger partial charge in [0.2, 0.25) is 0 Å². The molecule has 0 aliphatic heterocycles. The van der Waals surface area contributed by atoms with Gasteiger partial charge in [-0.1, -0.05) is 175 Å². The fourth-order valence-electron chi connectivity index (χ4n) is 6.43. The summed E-state index contributed by atoms with van der Waals surface area (Å²) in [6.07, 6.45) is 44.3. The highest BCUT2D eigenvalue weighted by Crippen LogP contribution is 2.27. The number of hydrogen-bond acceptors (Lipinski definition) is 0. The Balaban J connectivity index is 2.21. The topological polar surface area (TPSA) is 19.7 Å². The third-order valence-corrected chi connectivity index (χ3v) is 9.14. The summed E-state index contributed by atoms with van der Waals surface area (Å²) < 4.78 is 2.61. The first-order valence-electron chi connectivity index (χ1n) is 18.3. The number of nitrogens with zero attached hydrogens (tertiary/aromatic N) is 1. The molecule has 0 radical (unpaired) electrons. The first-order valence-corrected chi connectivity index (χ1v) is 18.3. The van der Waals surface area contributed by atoms with Gasteiger partial charge in [-0.25, -0.2) is 9.55 Å². The smallest absolute Gasteiger partial charge is 0.247 e. The minimum Gasteiger partial charge on any atom is -0.247 e. The fraction of sp³-hybridized carbons (Fsp3) is 0.919. The van der Waals surface area contributed by atoms with Crippen molar-refractivity contribution in [1.29, 1.82) is 0 Å². The zero-order valence-electron chi connectivity index (χ0n) is 27.6. The summed E-state index contributed by atoms with van der Waals surface area (Å²) >= 11 is 0. The average Bonchev–Trinajstić information content (AvgIpc) is 3.43. The highest BCUT2D eigenvalue weighted by molar-refractivity contribution is 4.90. The Labute approximate surface area is 246 Å². The first-order chi connectivity index (χ1) is 19.2. The van der Waals surface area contributed by atoms with Crippen LogP contribution in [0.15, 0.2) is 12.4 Å². The van der Waals surface area contributed by atoms with Gasteiger partial charge >= 0.3 is 0 Å². The molecule has 1 aromatic heterocycles.